The zero-order chi connectivity index (χ0) is 17.5. The van der Waals surface area contributed by atoms with E-state index in [1.165, 1.54) is 25.7 Å². The molecule has 1 fully saturated rings. The maximum Gasteiger partial charge on any atom is 0.239 e. The fourth-order valence-corrected chi connectivity index (χ4v) is 3.08. The lowest BCUT2D eigenvalue weighted by Crippen LogP contribution is -2.54. The Bertz CT molecular complexity index is 398. The first-order chi connectivity index (χ1) is 10.8. The molecule has 6 nitrogen and oxygen atoms in total. The van der Waals surface area contributed by atoms with Gasteiger partial charge in [0.05, 0.1) is 12.6 Å². The zero-order valence-corrected chi connectivity index (χ0v) is 17.6. The third kappa shape index (κ3) is 8.58. The Morgan fingerprint density at radius 2 is 1.56 bits per heavy atom. The third-order valence-corrected chi connectivity index (χ3v) is 5.04. The predicted molar refractivity (Wildman–Crippen MR) is 107 cm³/mol. The van der Waals surface area contributed by atoms with E-state index in [0.29, 0.717) is 6.54 Å². The first-order valence-corrected chi connectivity index (χ1v) is 8.76. The van der Waals surface area contributed by atoms with Gasteiger partial charge in [0.1, 0.15) is 0 Å². The van der Waals surface area contributed by atoms with Crippen LogP contribution in [0.2, 0.25) is 0 Å². The lowest BCUT2D eigenvalue weighted by molar-refractivity contribution is -0.127. The van der Waals surface area contributed by atoms with Crippen LogP contribution in [0.25, 0.3) is 0 Å². The molecule has 25 heavy (non-hydrogen) atoms. The van der Waals surface area contributed by atoms with E-state index in [4.69, 9.17) is 5.73 Å². The van der Waals surface area contributed by atoms with Gasteiger partial charge in [-0.1, -0.05) is 39.5 Å². The summed E-state index contributed by atoms with van der Waals surface area (Å²) < 4.78 is 0. The molecule has 0 aromatic carbocycles. The van der Waals surface area contributed by atoms with Gasteiger partial charge in [-0.05, 0) is 32.9 Å². The minimum Gasteiger partial charge on any atom is -0.353 e. The summed E-state index contributed by atoms with van der Waals surface area (Å²) in [5, 5.41) is 5.61. The van der Waals surface area contributed by atoms with E-state index < -0.39 is 6.04 Å². The van der Waals surface area contributed by atoms with Crippen LogP contribution in [0.4, 0.5) is 0 Å². The summed E-state index contributed by atoms with van der Waals surface area (Å²) in [7, 11) is 4.17. The molecule has 0 aromatic heterocycles. The van der Waals surface area contributed by atoms with Crippen molar-refractivity contribution in [3.8, 4) is 0 Å². The number of likely N-dealkylation sites (N-methyl/N-ethyl adjacent to an activating group) is 1. The monoisotopic (exact) mass is 398 g/mol. The van der Waals surface area contributed by atoms with Crippen molar-refractivity contribution in [3.63, 3.8) is 0 Å². The number of carbonyl (C=O) groups excluding carboxylic acids is 2. The number of amides is 2. The van der Waals surface area contributed by atoms with Crippen LogP contribution < -0.4 is 16.4 Å². The highest BCUT2D eigenvalue weighted by atomic mass is 35.5. The molecule has 8 heteroatoms. The van der Waals surface area contributed by atoms with Gasteiger partial charge in [0.2, 0.25) is 11.8 Å². The van der Waals surface area contributed by atoms with Crippen LogP contribution >= 0.6 is 24.8 Å². The first kappa shape index (κ1) is 26.7. The maximum atomic E-state index is 12.0. The average molecular weight is 399 g/mol. The van der Waals surface area contributed by atoms with Crippen LogP contribution in [0.15, 0.2) is 0 Å². The van der Waals surface area contributed by atoms with Crippen molar-refractivity contribution < 1.29 is 9.59 Å². The van der Waals surface area contributed by atoms with Gasteiger partial charge in [0, 0.05) is 12.1 Å². The smallest absolute Gasteiger partial charge is 0.239 e. The summed E-state index contributed by atoms with van der Waals surface area (Å²) >= 11 is 0. The SMILES string of the molecule is CC(C)[C@H](N)C(=O)NCC(=O)NCC1(N(C)C)CCCCCC1.Cl.Cl. The molecule has 2 amide bonds. The van der Waals surface area contributed by atoms with E-state index in [-0.39, 0.29) is 54.6 Å². The quantitative estimate of drug-likeness (QED) is 0.569. The molecule has 1 aliphatic rings. The number of nitrogens with zero attached hydrogens (tertiary/aromatic N) is 1. The molecule has 0 aliphatic heterocycles. The Balaban J connectivity index is 0. The van der Waals surface area contributed by atoms with Crippen LogP contribution in [0.5, 0.6) is 0 Å². The molecule has 0 spiro atoms. The van der Waals surface area contributed by atoms with E-state index in [2.05, 4.69) is 29.6 Å². The Morgan fingerprint density at radius 1 is 1.04 bits per heavy atom. The molecule has 1 atom stereocenters. The van der Waals surface area contributed by atoms with Gasteiger partial charge in [-0.2, -0.15) is 0 Å². The van der Waals surface area contributed by atoms with Crippen molar-refractivity contribution >= 4 is 36.6 Å². The molecule has 1 rings (SSSR count). The van der Waals surface area contributed by atoms with Gasteiger partial charge in [-0.15, -0.1) is 24.8 Å². The minimum absolute atomic E-state index is 0. The topological polar surface area (TPSA) is 87.5 Å². The van der Waals surface area contributed by atoms with Gasteiger partial charge in [0.15, 0.2) is 0 Å². The van der Waals surface area contributed by atoms with Gasteiger partial charge in [-0.3, -0.25) is 9.59 Å². The summed E-state index contributed by atoms with van der Waals surface area (Å²) in [4.78, 5) is 26.1. The number of carbonyl (C=O) groups is 2. The summed E-state index contributed by atoms with van der Waals surface area (Å²) in [6, 6.07) is -0.572. The number of hydrogen-bond donors (Lipinski definition) is 3. The van der Waals surface area contributed by atoms with Crippen molar-refractivity contribution in [1.29, 1.82) is 0 Å². The maximum absolute atomic E-state index is 12.0. The van der Waals surface area contributed by atoms with E-state index in [0.717, 1.165) is 12.8 Å². The molecule has 0 unspecified atom stereocenters. The molecule has 1 aliphatic carbocycles. The second kappa shape index (κ2) is 12.7. The van der Waals surface area contributed by atoms with Crippen LogP contribution in [0, 0.1) is 5.92 Å². The number of rotatable bonds is 7. The van der Waals surface area contributed by atoms with Crippen molar-refractivity contribution in [2.45, 2.75) is 64.0 Å². The van der Waals surface area contributed by atoms with Crippen molar-refractivity contribution in [2.75, 3.05) is 27.2 Å². The van der Waals surface area contributed by atoms with Crippen LogP contribution in [-0.2, 0) is 9.59 Å². The van der Waals surface area contributed by atoms with Crippen LogP contribution in [-0.4, -0.2) is 55.5 Å². The Labute approximate surface area is 164 Å². The summed E-state index contributed by atoms with van der Waals surface area (Å²) in [5.74, 6) is -0.368. The summed E-state index contributed by atoms with van der Waals surface area (Å²) in [6.07, 6.45) is 7.15. The highest BCUT2D eigenvalue weighted by molar-refractivity contribution is 5.87. The molecule has 150 valence electrons. The standard InChI is InChI=1S/C17H34N4O2.2ClH/c1-13(2)15(18)16(23)19-11-14(22)20-12-17(21(3)4)9-7-5-6-8-10-17;;/h13,15H,5-12,18H2,1-4H3,(H,19,23)(H,20,22);2*1H/t15-;;/m0../s1. The fraction of sp³-hybridized carbons (Fsp3) is 0.882. The second-order valence-electron chi connectivity index (χ2n) is 7.30. The molecular formula is C17H36Cl2N4O2. The van der Waals surface area contributed by atoms with E-state index >= 15 is 0 Å². The zero-order valence-electron chi connectivity index (χ0n) is 16.0. The van der Waals surface area contributed by atoms with Gasteiger partial charge >= 0.3 is 0 Å². The average Bonchev–Trinajstić information content (AvgIpc) is 2.76. The lowest BCUT2D eigenvalue weighted by Gasteiger charge is -2.39. The molecule has 0 saturated heterocycles. The van der Waals surface area contributed by atoms with Gasteiger partial charge in [-0.25, -0.2) is 0 Å². The first-order valence-electron chi connectivity index (χ1n) is 8.76. The van der Waals surface area contributed by atoms with E-state index in [9.17, 15) is 9.59 Å². The van der Waals surface area contributed by atoms with Crippen molar-refractivity contribution in [3.05, 3.63) is 0 Å². The number of halogens is 2. The van der Waals surface area contributed by atoms with Crippen LogP contribution in [0.1, 0.15) is 52.4 Å². The largest absolute Gasteiger partial charge is 0.353 e. The highest BCUT2D eigenvalue weighted by Crippen LogP contribution is 2.30. The lowest BCUT2D eigenvalue weighted by atomic mass is 9.88. The molecule has 1 saturated carbocycles. The fourth-order valence-electron chi connectivity index (χ4n) is 3.08. The van der Waals surface area contributed by atoms with Gasteiger partial charge in [0.25, 0.3) is 0 Å². The van der Waals surface area contributed by atoms with Crippen LogP contribution in [0.3, 0.4) is 0 Å². The second-order valence-corrected chi connectivity index (χ2v) is 7.30. The van der Waals surface area contributed by atoms with Crippen molar-refractivity contribution in [2.24, 2.45) is 11.7 Å². The van der Waals surface area contributed by atoms with E-state index in [1.54, 1.807) is 0 Å². The minimum atomic E-state index is -0.572. The summed E-state index contributed by atoms with van der Waals surface area (Å²) in [6.45, 7) is 4.39. The molecule has 0 aromatic rings. The van der Waals surface area contributed by atoms with Crippen molar-refractivity contribution in [1.82, 2.24) is 15.5 Å². The molecular weight excluding hydrogens is 363 g/mol. The summed E-state index contributed by atoms with van der Waals surface area (Å²) in [5.41, 5.74) is 5.80. The number of nitrogens with two attached hydrogens (primary N) is 1. The Kier molecular flexibility index (Phi) is 13.6. The molecule has 0 radical (unpaired) electrons. The predicted octanol–water partition coefficient (Wildman–Crippen LogP) is 1.70. The molecule has 4 N–H and O–H groups in total. The Hall–Kier alpha value is -0.560. The normalized spacial score (nSPS) is 17.7. The van der Waals surface area contributed by atoms with E-state index in [1.807, 2.05) is 13.8 Å². The molecule has 0 heterocycles. The number of nitrogens with one attached hydrogen (secondary N) is 2. The molecule has 0 bridgehead atoms. The Morgan fingerprint density at radius 3 is 2.00 bits per heavy atom. The number of hydrogen-bond acceptors (Lipinski definition) is 4. The van der Waals surface area contributed by atoms with Gasteiger partial charge < -0.3 is 21.3 Å². The highest BCUT2D eigenvalue weighted by Gasteiger charge is 2.33. The third-order valence-electron chi connectivity index (χ3n) is 5.04.